The molecule has 0 spiro atoms. The molecular formula is C22H26N4O7. The van der Waals surface area contributed by atoms with Gasteiger partial charge in [0, 0.05) is 36.5 Å². The molecule has 1 aromatic carbocycles. The van der Waals surface area contributed by atoms with Crippen LogP contribution in [-0.2, 0) is 14.3 Å². The lowest BCUT2D eigenvalue weighted by molar-refractivity contribution is -0.137. The molecule has 4 unspecified atom stereocenters. The van der Waals surface area contributed by atoms with Crippen molar-refractivity contribution in [3.63, 3.8) is 0 Å². The average Bonchev–Trinajstić information content (AvgIpc) is 3.40. The summed E-state index contributed by atoms with van der Waals surface area (Å²) in [6.45, 7) is 1.97. The molecule has 4 aliphatic rings. The van der Waals surface area contributed by atoms with E-state index < -0.39 is 17.7 Å². The van der Waals surface area contributed by atoms with Crippen molar-refractivity contribution in [1.29, 1.82) is 0 Å². The summed E-state index contributed by atoms with van der Waals surface area (Å²) < 4.78 is 11.0. The zero-order valence-electron chi connectivity index (χ0n) is 18.4. The molecule has 11 nitrogen and oxygen atoms in total. The van der Waals surface area contributed by atoms with Crippen molar-refractivity contribution in [3.05, 3.63) is 46.8 Å². The van der Waals surface area contributed by atoms with Gasteiger partial charge in [-0.15, -0.1) is 0 Å². The van der Waals surface area contributed by atoms with Gasteiger partial charge < -0.3 is 41.0 Å². The molecule has 1 aromatic rings. The third-order valence-electron chi connectivity index (χ3n) is 6.58. The number of nitrogens with zero attached hydrogens (tertiary/aromatic N) is 1. The average molecular weight is 458 g/mol. The smallest absolute Gasteiger partial charge is 0.402 e. The molecule has 0 radical (unpaired) electrons. The number of amides is 1. The van der Waals surface area contributed by atoms with E-state index >= 15 is 0 Å². The number of nitrogens with two attached hydrogens (primary N) is 1. The molecule has 3 aliphatic heterocycles. The van der Waals surface area contributed by atoms with Crippen molar-refractivity contribution >= 4 is 23.3 Å². The number of nitrogens with one attached hydrogen (secondary N) is 2. The van der Waals surface area contributed by atoms with Crippen LogP contribution in [0.5, 0.6) is 5.75 Å². The number of hydrogen-bond donors (Lipinski definition) is 5. The van der Waals surface area contributed by atoms with Crippen LogP contribution in [0.2, 0.25) is 0 Å². The number of aliphatic hydroxyl groups is 1. The molecule has 33 heavy (non-hydrogen) atoms. The second-order valence-electron chi connectivity index (χ2n) is 8.16. The number of primary amides is 1. The summed E-state index contributed by atoms with van der Waals surface area (Å²) in [7, 11) is 3.15. The van der Waals surface area contributed by atoms with Gasteiger partial charge in [0.1, 0.15) is 5.75 Å². The lowest BCUT2D eigenvalue weighted by Crippen LogP contribution is -2.54. The second-order valence-corrected chi connectivity index (χ2v) is 8.16. The van der Waals surface area contributed by atoms with Crippen LogP contribution in [0, 0.1) is 5.92 Å². The van der Waals surface area contributed by atoms with Crippen LogP contribution in [0.1, 0.15) is 6.92 Å². The number of carbonyl (C=O) groups excluding carboxylic acids is 2. The fraction of sp³-hybridized carbons (Fsp3) is 0.409. The maximum atomic E-state index is 13.5. The van der Waals surface area contributed by atoms with Crippen LogP contribution >= 0.6 is 0 Å². The molecule has 11 heteroatoms. The van der Waals surface area contributed by atoms with Gasteiger partial charge in [-0.2, -0.15) is 0 Å². The number of carbonyl (C=O) groups is 3. The van der Waals surface area contributed by atoms with E-state index in [1.807, 2.05) is 4.90 Å². The molecule has 3 heterocycles. The van der Waals surface area contributed by atoms with Gasteiger partial charge in [0.05, 0.1) is 37.1 Å². The molecule has 1 aliphatic carbocycles. The largest absolute Gasteiger partial charge is 0.497 e. The number of fused-ring (bicyclic) bond motifs is 4. The van der Waals surface area contributed by atoms with Gasteiger partial charge in [0.2, 0.25) is 11.6 Å². The predicted molar refractivity (Wildman–Crippen MR) is 116 cm³/mol. The molecule has 0 aromatic heterocycles. The number of anilines is 1. The van der Waals surface area contributed by atoms with Crippen molar-refractivity contribution < 1.29 is 34.1 Å². The number of carboxylic acid groups (broad SMARTS) is 1. The highest BCUT2D eigenvalue weighted by Crippen LogP contribution is 2.55. The van der Waals surface area contributed by atoms with Crippen molar-refractivity contribution in [2.24, 2.45) is 11.7 Å². The quantitative estimate of drug-likeness (QED) is 0.299. The summed E-state index contributed by atoms with van der Waals surface area (Å²) >= 11 is 0. The standard InChI is InChI=1S/C21H23N3O5.CH3NO2/c1-10-16(22-11-4-6-12(28-2)7-5-11)19(27)15-13(9-25)21(29-3)20-14(23-20)8-24(21)17(15)18(10)26;2-1(3)4/h4-7,13-14,20,22-23,25H,8-9H2,1-3H3;2H2,(H,3,4). The van der Waals surface area contributed by atoms with Gasteiger partial charge in [0.25, 0.3) is 0 Å². The second kappa shape index (κ2) is 8.18. The first-order valence-corrected chi connectivity index (χ1v) is 10.3. The highest BCUT2D eigenvalue weighted by atomic mass is 16.5. The maximum Gasteiger partial charge on any atom is 0.402 e. The van der Waals surface area contributed by atoms with Crippen molar-refractivity contribution in [1.82, 2.24) is 10.2 Å². The number of hydrogen-bond acceptors (Lipinski definition) is 9. The van der Waals surface area contributed by atoms with Gasteiger partial charge in [-0.1, -0.05) is 0 Å². The lowest BCUT2D eigenvalue weighted by Gasteiger charge is -2.39. The van der Waals surface area contributed by atoms with Crippen LogP contribution in [0.25, 0.3) is 0 Å². The van der Waals surface area contributed by atoms with Crippen molar-refractivity contribution in [2.75, 3.05) is 32.7 Å². The predicted octanol–water partition coefficient (Wildman–Crippen LogP) is 0.0309. The molecule has 5 rings (SSSR count). The number of methoxy groups -OCH3 is 2. The fourth-order valence-corrected chi connectivity index (χ4v) is 5.11. The van der Waals surface area contributed by atoms with E-state index in [1.54, 1.807) is 45.4 Å². The fourth-order valence-electron chi connectivity index (χ4n) is 5.11. The SMILES string of the molecule is COc1ccc(NC2=C(C)C(=O)C3=C(C2=O)C(CO)C2(OC)C4NC4CN32)cc1.NC(=O)O. The monoisotopic (exact) mass is 458 g/mol. The number of allylic oxidation sites excluding steroid dienone is 2. The first kappa shape index (κ1) is 22.8. The minimum Gasteiger partial charge on any atom is -0.497 e. The van der Waals surface area contributed by atoms with Gasteiger partial charge in [0.15, 0.2) is 5.72 Å². The van der Waals surface area contributed by atoms with Crippen LogP contribution in [0.3, 0.4) is 0 Å². The first-order chi connectivity index (χ1) is 15.7. The number of rotatable bonds is 5. The summed E-state index contributed by atoms with van der Waals surface area (Å²) in [5, 5.41) is 23.8. The van der Waals surface area contributed by atoms with E-state index in [2.05, 4.69) is 16.4 Å². The Labute approximate surface area is 189 Å². The van der Waals surface area contributed by atoms with E-state index in [9.17, 15) is 14.7 Å². The number of ether oxygens (including phenoxy) is 2. The zero-order valence-corrected chi connectivity index (χ0v) is 18.4. The van der Waals surface area contributed by atoms with Gasteiger partial charge >= 0.3 is 6.09 Å². The summed E-state index contributed by atoms with van der Waals surface area (Å²) in [4.78, 5) is 37.5. The minimum absolute atomic E-state index is 0.00541. The van der Waals surface area contributed by atoms with Crippen molar-refractivity contribution in [2.45, 2.75) is 24.7 Å². The van der Waals surface area contributed by atoms with E-state index in [0.29, 0.717) is 34.8 Å². The topological polar surface area (TPSA) is 173 Å². The number of aliphatic hydroxyl groups excluding tert-OH is 1. The molecule has 2 fully saturated rings. The third-order valence-corrected chi connectivity index (χ3v) is 6.58. The van der Waals surface area contributed by atoms with Gasteiger partial charge in [-0.25, -0.2) is 4.79 Å². The Bertz CT molecular complexity index is 1080. The molecule has 1 amide bonds. The van der Waals surface area contributed by atoms with E-state index in [0.717, 1.165) is 0 Å². The first-order valence-electron chi connectivity index (χ1n) is 10.3. The Morgan fingerprint density at radius 2 is 1.91 bits per heavy atom. The van der Waals surface area contributed by atoms with E-state index in [1.165, 1.54) is 0 Å². The van der Waals surface area contributed by atoms with Gasteiger partial charge in [-0.05, 0) is 31.2 Å². The lowest BCUT2D eigenvalue weighted by atomic mass is 9.82. The summed E-state index contributed by atoms with van der Waals surface area (Å²) in [6.07, 6.45) is -1.33. The molecular weight excluding hydrogens is 432 g/mol. The number of ketones is 2. The summed E-state index contributed by atoms with van der Waals surface area (Å²) in [5.41, 5.74) is 5.13. The Balaban J connectivity index is 0.000000601. The Kier molecular flexibility index (Phi) is 5.64. The van der Waals surface area contributed by atoms with E-state index in [4.69, 9.17) is 19.4 Å². The molecule has 0 bridgehead atoms. The number of benzene rings is 1. The normalized spacial score (nSPS) is 29.2. The maximum absolute atomic E-state index is 13.5. The van der Waals surface area contributed by atoms with Crippen LogP contribution in [0.15, 0.2) is 46.8 Å². The molecule has 4 atom stereocenters. The number of piperazine rings is 1. The minimum atomic E-state index is -1.33. The van der Waals surface area contributed by atoms with Crippen LogP contribution in [-0.4, -0.2) is 78.0 Å². The highest BCUT2D eigenvalue weighted by molar-refractivity contribution is 6.26. The van der Waals surface area contributed by atoms with Gasteiger partial charge in [-0.3, -0.25) is 9.59 Å². The van der Waals surface area contributed by atoms with Crippen LogP contribution in [0.4, 0.5) is 10.5 Å². The summed E-state index contributed by atoms with van der Waals surface area (Å²) in [5.74, 6) is -0.364. The van der Waals surface area contributed by atoms with Crippen molar-refractivity contribution in [3.8, 4) is 5.75 Å². The Hall–Kier alpha value is -3.41. The molecule has 0 saturated carbocycles. The molecule has 2 saturated heterocycles. The Morgan fingerprint density at radius 3 is 2.45 bits per heavy atom. The highest BCUT2D eigenvalue weighted by Gasteiger charge is 2.72. The summed E-state index contributed by atoms with van der Waals surface area (Å²) in [6, 6.07) is 7.33. The number of Topliss-reactive ketones (excluding diaryl/α,β-unsaturated/α-hetero) is 2. The molecule has 6 N–H and O–H groups in total. The van der Waals surface area contributed by atoms with E-state index in [-0.39, 0.29) is 36.0 Å². The molecule has 176 valence electrons. The Morgan fingerprint density at radius 1 is 1.27 bits per heavy atom. The van der Waals surface area contributed by atoms with Crippen LogP contribution < -0.4 is 21.1 Å². The third kappa shape index (κ3) is 3.36. The zero-order chi connectivity index (χ0) is 24.1.